The van der Waals surface area contributed by atoms with Gasteiger partial charge in [0, 0.05) is 6.08 Å². The molecular weight excluding hydrogens is 142 g/mol. The van der Waals surface area contributed by atoms with Crippen molar-refractivity contribution < 1.29 is 9.90 Å². The largest absolute Gasteiger partial charge is 0.504 e. The van der Waals surface area contributed by atoms with Gasteiger partial charge in [-0.05, 0) is 17.7 Å². The number of rotatable bonds is 0. The van der Waals surface area contributed by atoms with E-state index in [1.165, 1.54) is 24.3 Å². The summed E-state index contributed by atoms with van der Waals surface area (Å²) in [6, 6.07) is 1.79. The number of carbonyl (C=O) groups is 1. The molecule has 0 radical (unpaired) electrons. The number of nitrogens with zero attached hydrogens (tertiary/aromatic N) is 1. The maximum Gasteiger partial charge on any atom is 0.220 e. The van der Waals surface area contributed by atoms with Crippen LogP contribution in [0.15, 0.2) is 35.6 Å². The topological polar surface area (TPSA) is 61.1 Å². The molecule has 0 aromatic carbocycles. The summed E-state index contributed by atoms with van der Waals surface area (Å²) in [5.41, 5.74) is 0.532. The third-order valence-corrected chi connectivity index (χ3v) is 1.21. The van der Waals surface area contributed by atoms with Gasteiger partial charge in [-0.25, -0.2) is 0 Å². The first-order valence-electron chi connectivity index (χ1n) is 2.97. The molecule has 0 fully saturated rings. The maximum absolute atomic E-state index is 10.6. The number of ketones is 1. The van der Waals surface area contributed by atoms with Crippen LogP contribution in [0.25, 0.3) is 0 Å². The highest BCUT2D eigenvalue weighted by atomic mass is 16.3. The summed E-state index contributed by atoms with van der Waals surface area (Å²) in [6.07, 6.45) is 5.20. The predicted octanol–water partition coefficient (Wildman–Crippen LogP) is 1.02. The van der Waals surface area contributed by atoms with Crippen LogP contribution >= 0.6 is 0 Å². The Morgan fingerprint density at radius 3 is 2.82 bits per heavy atom. The first-order chi connectivity index (χ1) is 5.24. The minimum atomic E-state index is -0.430. The van der Waals surface area contributed by atoms with Crippen molar-refractivity contribution in [3.8, 4) is 6.07 Å². The zero-order chi connectivity index (χ0) is 8.27. The van der Waals surface area contributed by atoms with E-state index < -0.39 is 5.78 Å². The molecule has 11 heavy (non-hydrogen) atoms. The van der Waals surface area contributed by atoms with Crippen molar-refractivity contribution in [1.82, 2.24) is 0 Å². The second-order valence-electron chi connectivity index (χ2n) is 2.00. The van der Waals surface area contributed by atoms with Crippen molar-refractivity contribution in [3.63, 3.8) is 0 Å². The van der Waals surface area contributed by atoms with Crippen molar-refractivity contribution in [2.24, 2.45) is 0 Å². The third-order valence-electron chi connectivity index (χ3n) is 1.21. The molecule has 3 heteroatoms. The van der Waals surface area contributed by atoms with Gasteiger partial charge in [-0.1, -0.05) is 6.08 Å². The third kappa shape index (κ3) is 1.55. The van der Waals surface area contributed by atoms with E-state index in [-0.39, 0.29) is 5.76 Å². The number of allylic oxidation sites excluding steroid dienone is 5. The molecule has 0 bridgehead atoms. The Bertz CT molecular complexity index is 315. The zero-order valence-corrected chi connectivity index (χ0v) is 5.61. The Morgan fingerprint density at radius 2 is 2.27 bits per heavy atom. The molecule has 1 N–H and O–H groups in total. The molecule has 0 aromatic heterocycles. The van der Waals surface area contributed by atoms with E-state index in [4.69, 9.17) is 10.4 Å². The lowest BCUT2D eigenvalue weighted by Crippen LogP contribution is -2.01. The number of aliphatic hydroxyl groups excluding tert-OH is 1. The number of hydrogen-bond acceptors (Lipinski definition) is 3. The lowest BCUT2D eigenvalue weighted by molar-refractivity contribution is -0.113. The SMILES string of the molecule is N#C/C=C1\C=CC(=O)C(O)=C1. The molecule has 0 spiro atoms. The van der Waals surface area contributed by atoms with Crippen LogP contribution in [-0.2, 0) is 4.79 Å². The average Bonchev–Trinajstić information content (AvgIpc) is 1.98. The van der Waals surface area contributed by atoms with Gasteiger partial charge in [-0.15, -0.1) is 0 Å². The van der Waals surface area contributed by atoms with Crippen LogP contribution in [0.3, 0.4) is 0 Å². The maximum atomic E-state index is 10.6. The molecule has 0 amide bonds. The molecule has 1 aliphatic carbocycles. The van der Waals surface area contributed by atoms with Gasteiger partial charge in [0.1, 0.15) is 0 Å². The minimum Gasteiger partial charge on any atom is -0.504 e. The Kier molecular flexibility index (Phi) is 1.88. The summed E-state index contributed by atoms with van der Waals surface area (Å²) in [6.45, 7) is 0. The van der Waals surface area contributed by atoms with Gasteiger partial charge in [0.2, 0.25) is 5.78 Å². The quantitative estimate of drug-likeness (QED) is 0.520. The molecular formula is C8H5NO2. The fourth-order valence-electron chi connectivity index (χ4n) is 0.699. The van der Waals surface area contributed by atoms with Gasteiger partial charge in [0.15, 0.2) is 5.76 Å². The molecule has 0 heterocycles. The van der Waals surface area contributed by atoms with E-state index in [2.05, 4.69) is 0 Å². The van der Waals surface area contributed by atoms with Crippen molar-refractivity contribution in [3.05, 3.63) is 35.6 Å². The highest BCUT2D eigenvalue weighted by Crippen LogP contribution is 2.09. The number of aliphatic hydroxyl groups is 1. The Labute approximate surface area is 63.6 Å². The van der Waals surface area contributed by atoms with Crippen LogP contribution in [0.5, 0.6) is 0 Å². The molecule has 1 rings (SSSR count). The standard InChI is InChI=1S/C8H5NO2/c9-4-3-6-1-2-7(10)8(11)5-6/h1-3,5,11H/b6-3+. The summed E-state index contributed by atoms with van der Waals surface area (Å²) in [5, 5.41) is 17.1. The van der Waals surface area contributed by atoms with Crippen molar-refractivity contribution >= 4 is 5.78 Å². The summed E-state index contributed by atoms with van der Waals surface area (Å²) in [4.78, 5) is 10.6. The first kappa shape index (κ1) is 7.29. The predicted molar refractivity (Wildman–Crippen MR) is 38.6 cm³/mol. The molecule has 1 aliphatic rings. The van der Waals surface area contributed by atoms with Crippen LogP contribution in [-0.4, -0.2) is 10.9 Å². The van der Waals surface area contributed by atoms with Crippen LogP contribution in [0, 0.1) is 11.3 Å². The molecule has 3 nitrogen and oxygen atoms in total. The number of carbonyl (C=O) groups excluding carboxylic acids is 1. The van der Waals surface area contributed by atoms with E-state index in [9.17, 15) is 4.79 Å². The average molecular weight is 147 g/mol. The van der Waals surface area contributed by atoms with Gasteiger partial charge in [-0.2, -0.15) is 5.26 Å². The fraction of sp³-hybridized carbons (Fsp3) is 0. The van der Waals surface area contributed by atoms with Crippen LogP contribution < -0.4 is 0 Å². The zero-order valence-electron chi connectivity index (χ0n) is 5.61. The smallest absolute Gasteiger partial charge is 0.220 e. The Hall–Kier alpha value is -1.82. The summed E-state index contributed by atoms with van der Waals surface area (Å²) >= 11 is 0. The van der Waals surface area contributed by atoms with E-state index in [0.717, 1.165) is 0 Å². The first-order valence-corrected chi connectivity index (χ1v) is 2.97. The van der Waals surface area contributed by atoms with Gasteiger partial charge in [0.05, 0.1) is 6.07 Å². The monoisotopic (exact) mass is 147 g/mol. The van der Waals surface area contributed by atoms with Crippen molar-refractivity contribution in [2.45, 2.75) is 0 Å². The van der Waals surface area contributed by atoms with E-state index in [1.54, 1.807) is 6.07 Å². The van der Waals surface area contributed by atoms with Gasteiger partial charge in [-0.3, -0.25) is 4.79 Å². The number of nitriles is 1. The van der Waals surface area contributed by atoms with Crippen molar-refractivity contribution in [2.75, 3.05) is 0 Å². The molecule has 0 aromatic rings. The van der Waals surface area contributed by atoms with E-state index >= 15 is 0 Å². The molecule has 0 aliphatic heterocycles. The highest BCUT2D eigenvalue weighted by molar-refractivity contribution is 6.04. The lowest BCUT2D eigenvalue weighted by Gasteiger charge is -2.00. The fourth-order valence-corrected chi connectivity index (χ4v) is 0.699. The van der Waals surface area contributed by atoms with E-state index in [0.29, 0.717) is 5.57 Å². The minimum absolute atomic E-state index is 0.325. The molecule has 0 unspecified atom stereocenters. The molecule has 54 valence electrons. The Morgan fingerprint density at radius 1 is 1.55 bits per heavy atom. The molecule has 0 saturated carbocycles. The van der Waals surface area contributed by atoms with Gasteiger partial charge >= 0.3 is 0 Å². The Balaban J connectivity index is 2.97. The van der Waals surface area contributed by atoms with Crippen LogP contribution in [0.2, 0.25) is 0 Å². The lowest BCUT2D eigenvalue weighted by atomic mass is 10.1. The van der Waals surface area contributed by atoms with Crippen LogP contribution in [0.1, 0.15) is 0 Å². The van der Waals surface area contributed by atoms with Gasteiger partial charge < -0.3 is 5.11 Å². The normalized spacial score (nSPS) is 19.7. The second-order valence-corrected chi connectivity index (χ2v) is 2.00. The van der Waals surface area contributed by atoms with Crippen LogP contribution in [0.4, 0.5) is 0 Å². The molecule has 0 saturated heterocycles. The summed E-state index contributed by atoms with van der Waals surface area (Å²) in [7, 11) is 0. The van der Waals surface area contributed by atoms with Crippen molar-refractivity contribution in [1.29, 1.82) is 5.26 Å². The van der Waals surface area contributed by atoms with Gasteiger partial charge in [0.25, 0.3) is 0 Å². The number of hydrogen-bond donors (Lipinski definition) is 1. The second kappa shape index (κ2) is 2.84. The van der Waals surface area contributed by atoms with E-state index in [1.807, 2.05) is 0 Å². The summed E-state index contributed by atoms with van der Waals surface area (Å²) in [5.74, 6) is -0.755. The highest BCUT2D eigenvalue weighted by Gasteiger charge is 2.07. The molecule has 0 atom stereocenters. The summed E-state index contributed by atoms with van der Waals surface area (Å²) < 4.78 is 0.